The molecular formula is C21H18N2O3. The maximum absolute atomic E-state index is 12.3. The van der Waals surface area contributed by atoms with E-state index in [1.165, 1.54) is 6.92 Å². The second kappa shape index (κ2) is 7.61. The van der Waals surface area contributed by atoms with Crippen LogP contribution in [0.25, 0.3) is 10.8 Å². The van der Waals surface area contributed by atoms with Crippen molar-refractivity contribution in [1.82, 2.24) is 0 Å². The third-order valence-electron chi connectivity index (χ3n) is 3.93. The van der Waals surface area contributed by atoms with Crippen molar-refractivity contribution in [3.05, 3.63) is 77.9 Å². The highest BCUT2D eigenvalue weighted by Crippen LogP contribution is 2.23. The molecule has 0 aliphatic carbocycles. The van der Waals surface area contributed by atoms with Crippen LogP contribution < -0.4 is 5.32 Å². The second-order valence-electron chi connectivity index (χ2n) is 5.90. The first-order valence-electron chi connectivity index (χ1n) is 8.16. The van der Waals surface area contributed by atoms with Gasteiger partial charge < -0.3 is 0 Å². The Morgan fingerprint density at radius 3 is 2.38 bits per heavy atom. The summed E-state index contributed by atoms with van der Waals surface area (Å²) in [5, 5.41) is 8.19. The van der Waals surface area contributed by atoms with E-state index in [9.17, 15) is 9.59 Å². The Balaban J connectivity index is 1.68. The quantitative estimate of drug-likeness (QED) is 0.314. The van der Waals surface area contributed by atoms with Crippen LogP contribution in [0, 0.1) is 6.92 Å². The van der Waals surface area contributed by atoms with Crippen LogP contribution in [0.15, 0.2) is 71.9 Å². The second-order valence-corrected chi connectivity index (χ2v) is 5.90. The fourth-order valence-electron chi connectivity index (χ4n) is 2.53. The third-order valence-corrected chi connectivity index (χ3v) is 3.93. The minimum atomic E-state index is -0.752. The summed E-state index contributed by atoms with van der Waals surface area (Å²) in [6, 6.07) is 20.4. The standard InChI is InChI=1S/C21H18N2O3/c1-14-10-12-17(13-11-14)20(24)15(2)23-26-21(25)22-19-9-5-7-16-6-3-4-8-18(16)19/h3-13H,1-2H3,(H,22,25)/b23-15-. The Hall–Kier alpha value is -3.47. The zero-order chi connectivity index (χ0) is 18.5. The average molecular weight is 346 g/mol. The lowest BCUT2D eigenvalue weighted by molar-refractivity contribution is 0.105. The van der Waals surface area contributed by atoms with Gasteiger partial charge in [-0.1, -0.05) is 71.4 Å². The van der Waals surface area contributed by atoms with Crippen molar-refractivity contribution in [2.24, 2.45) is 5.16 Å². The fraction of sp³-hybridized carbons (Fsp3) is 0.0952. The Kier molecular flexibility index (Phi) is 5.08. The normalized spacial score (nSPS) is 11.2. The van der Waals surface area contributed by atoms with E-state index in [-0.39, 0.29) is 11.5 Å². The lowest BCUT2D eigenvalue weighted by Crippen LogP contribution is -2.15. The van der Waals surface area contributed by atoms with Gasteiger partial charge in [0, 0.05) is 10.9 Å². The van der Waals surface area contributed by atoms with Crippen LogP contribution in [0.2, 0.25) is 0 Å². The van der Waals surface area contributed by atoms with E-state index < -0.39 is 6.09 Å². The first-order valence-corrected chi connectivity index (χ1v) is 8.16. The SMILES string of the molecule is C/C(=N/OC(=O)Nc1cccc2ccccc12)C(=O)c1ccc(C)cc1. The van der Waals surface area contributed by atoms with Crippen LogP contribution in [0.1, 0.15) is 22.8 Å². The number of hydrogen-bond donors (Lipinski definition) is 1. The Bertz CT molecular complexity index is 986. The van der Waals surface area contributed by atoms with Crippen molar-refractivity contribution in [1.29, 1.82) is 0 Å². The number of ketones is 1. The van der Waals surface area contributed by atoms with Crippen molar-refractivity contribution in [2.75, 3.05) is 5.32 Å². The average Bonchev–Trinajstić information content (AvgIpc) is 2.66. The molecule has 3 rings (SSSR count). The summed E-state index contributed by atoms with van der Waals surface area (Å²) in [6.07, 6.45) is -0.752. The van der Waals surface area contributed by atoms with Crippen molar-refractivity contribution in [2.45, 2.75) is 13.8 Å². The van der Waals surface area contributed by atoms with E-state index in [1.54, 1.807) is 18.2 Å². The van der Waals surface area contributed by atoms with E-state index in [0.717, 1.165) is 16.3 Å². The molecule has 0 heterocycles. The monoisotopic (exact) mass is 346 g/mol. The molecule has 5 nitrogen and oxygen atoms in total. The molecular weight excluding hydrogens is 328 g/mol. The number of carbonyl (C=O) groups is 2. The minimum absolute atomic E-state index is 0.0990. The van der Waals surface area contributed by atoms with Crippen LogP contribution in [-0.4, -0.2) is 17.6 Å². The summed E-state index contributed by atoms with van der Waals surface area (Å²) < 4.78 is 0. The number of aryl methyl sites for hydroxylation is 1. The molecule has 3 aromatic rings. The summed E-state index contributed by atoms with van der Waals surface area (Å²) >= 11 is 0. The van der Waals surface area contributed by atoms with Gasteiger partial charge in [-0.15, -0.1) is 0 Å². The Morgan fingerprint density at radius 1 is 0.923 bits per heavy atom. The number of carbonyl (C=O) groups excluding carboxylic acids is 2. The number of hydrogen-bond acceptors (Lipinski definition) is 4. The highest BCUT2D eigenvalue weighted by molar-refractivity contribution is 6.45. The molecule has 1 amide bonds. The summed E-state index contributed by atoms with van der Waals surface area (Å²) in [7, 11) is 0. The molecule has 1 N–H and O–H groups in total. The first kappa shape index (κ1) is 17.4. The highest BCUT2D eigenvalue weighted by Gasteiger charge is 2.12. The van der Waals surface area contributed by atoms with Crippen LogP contribution in [0.5, 0.6) is 0 Å². The number of Topliss-reactive ketones (excluding diaryl/α,β-unsaturated/α-hetero) is 1. The molecule has 0 bridgehead atoms. The molecule has 0 fully saturated rings. The van der Waals surface area contributed by atoms with Gasteiger partial charge in [0.25, 0.3) is 0 Å². The summed E-state index contributed by atoms with van der Waals surface area (Å²) in [4.78, 5) is 29.1. The summed E-state index contributed by atoms with van der Waals surface area (Å²) in [5.74, 6) is -0.289. The van der Waals surface area contributed by atoms with E-state index in [1.807, 2.05) is 55.5 Å². The van der Waals surface area contributed by atoms with Gasteiger partial charge in [0.1, 0.15) is 5.71 Å². The minimum Gasteiger partial charge on any atom is -0.297 e. The van der Waals surface area contributed by atoms with Gasteiger partial charge in [-0.2, -0.15) is 0 Å². The van der Waals surface area contributed by atoms with Crippen LogP contribution in [0.4, 0.5) is 10.5 Å². The van der Waals surface area contributed by atoms with Crippen molar-refractivity contribution < 1.29 is 14.4 Å². The number of benzene rings is 3. The van der Waals surface area contributed by atoms with Crippen LogP contribution in [-0.2, 0) is 4.84 Å². The largest absolute Gasteiger partial charge is 0.437 e. The molecule has 0 aliphatic heterocycles. The van der Waals surface area contributed by atoms with Gasteiger partial charge in [0.05, 0.1) is 5.69 Å². The number of oxime groups is 1. The summed E-state index contributed by atoms with van der Waals surface area (Å²) in [5.41, 5.74) is 2.27. The van der Waals surface area contributed by atoms with Crippen molar-refractivity contribution in [3.8, 4) is 0 Å². The number of nitrogens with zero attached hydrogens (tertiary/aromatic N) is 1. The molecule has 0 radical (unpaired) electrons. The molecule has 130 valence electrons. The number of amides is 1. The maximum Gasteiger partial charge on any atom is 0.437 e. The predicted octanol–water partition coefficient (Wildman–Crippen LogP) is 4.96. The van der Waals surface area contributed by atoms with Gasteiger partial charge in [-0.25, -0.2) is 4.79 Å². The molecule has 0 atom stereocenters. The lowest BCUT2D eigenvalue weighted by Gasteiger charge is -2.07. The predicted molar refractivity (Wildman–Crippen MR) is 103 cm³/mol. The molecule has 0 saturated heterocycles. The van der Waals surface area contributed by atoms with Crippen molar-refractivity contribution >= 4 is 34.0 Å². The van der Waals surface area contributed by atoms with Gasteiger partial charge in [-0.3, -0.25) is 14.9 Å². The molecule has 0 saturated carbocycles. The molecule has 3 aromatic carbocycles. The lowest BCUT2D eigenvalue weighted by atomic mass is 10.1. The molecule has 26 heavy (non-hydrogen) atoms. The Labute approximate surface area is 151 Å². The number of rotatable bonds is 4. The zero-order valence-corrected chi connectivity index (χ0v) is 14.5. The molecule has 0 aliphatic rings. The molecule has 0 unspecified atom stereocenters. The molecule has 0 spiro atoms. The highest BCUT2D eigenvalue weighted by atomic mass is 16.7. The van der Waals surface area contributed by atoms with Crippen LogP contribution >= 0.6 is 0 Å². The fourth-order valence-corrected chi connectivity index (χ4v) is 2.53. The van der Waals surface area contributed by atoms with E-state index in [4.69, 9.17) is 4.84 Å². The molecule has 0 aromatic heterocycles. The van der Waals surface area contributed by atoms with E-state index in [0.29, 0.717) is 11.3 Å². The maximum atomic E-state index is 12.3. The van der Waals surface area contributed by atoms with E-state index >= 15 is 0 Å². The van der Waals surface area contributed by atoms with E-state index in [2.05, 4.69) is 10.5 Å². The number of anilines is 1. The third kappa shape index (κ3) is 3.95. The topological polar surface area (TPSA) is 67.8 Å². The van der Waals surface area contributed by atoms with Gasteiger partial charge in [0.2, 0.25) is 5.78 Å². The van der Waals surface area contributed by atoms with Crippen molar-refractivity contribution in [3.63, 3.8) is 0 Å². The number of nitrogens with one attached hydrogen (secondary N) is 1. The first-order chi connectivity index (χ1) is 12.5. The van der Waals surface area contributed by atoms with Crippen LogP contribution in [0.3, 0.4) is 0 Å². The van der Waals surface area contributed by atoms with Gasteiger partial charge in [-0.05, 0) is 25.3 Å². The van der Waals surface area contributed by atoms with Gasteiger partial charge >= 0.3 is 6.09 Å². The zero-order valence-electron chi connectivity index (χ0n) is 14.5. The van der Waals surface area contributed by atoms with Gasteiger partial charge in [0.15, 0.2) is 0 Å². The Morgan fingerprint density at radius 2 is 1.62 bits per heavy atom. The molecule has 5 heteroatoms. The summed E-state index contributed by atoms with van der Waals surface area (Å²) in [6.45, 7) is 3.45. The number of fused-ring (bicyclic) bond motifs is 1. The smallest absolute Gasteiger partial charge is 0.297 e.